The van der Waals surface area contributed by atoms with E-state index in [1.165, 1.54) is 6.07 Å². The lowest BCUT2D eigenvalue weighted by molar-refractivity contribution is -0.137. The van der Waals surface area contributed by atoms with Gasteiger partial charge in [-0.25, -0.2) is 0 Å². The van der Waals surface area contributed by atoms with E-state index < -0.39 is 17.7 Å². The fraction of sp³-hybridized carbons (Fsp3) is 0.250. The zero-order chi connectivity index (χ0) is 25.7. The summed E-state index contributed by atoms with van der Waals surface area (Å²) in [6.45, 7) is 0.373. The monoisotopic (exact) mass is 496 g/mol. The van der Waals surface area contributed by atoms with Crippen molar-refractivity contribution >= 4 is 16.8 Å². The van der Waals surface area contributed by atoms with Crippen LogP contribution in [0.4, 0.5) is 13.2 Å². The molecule has 8 heteroatoms. The van der Waals surface area contributed by atoms with Crippen LogP contribution in [0.15, 0.2) is 72.9 Å². The number of methoxy groups -OCH3 is 2. The summed E-state index contributed by atoms with van der Waals surface area (Å²) in [5, 5.41) is 3.78. The number of carbonyl (C=O) groups is 1. The Bertz CT molecular complexity index is 1350. The van der Waals surface area contributed by atoms with Crippen molar-refractivity contribution in [2.24, 2.45) is 0 Å². The van der Waals surface area contributed by atoms with Gasteiger partial charge >= 0.3 is 6.18 Å². The second-order valence-corrected chi connectivity index (χ2v) is 8.46. The molecule has 0 radical (unpaired) electrons. The molecule has 188 valence electrons. The van der Waals surface area contributed by atoms with Crippen LogP contribution in [0.5, 0.6) is 11.5 Å². The zero-order valence-electron chi connectivity index (χ0n) is 20.0. The van der Waals surface area contributed by atoms with Crippen molar-refractivity contribution in [1.29, 1.82) is 0 Å². The number of H-pyrrole nitrogens is 1. The first-order valence-electron chi connectivity index (χ1n) is 11.5. The Balaban J connectivity index is 1.53. The van der Waals surface area contributed by atoms with Gasteiger partial charge in [0.2, 0.25) is 5.91 Å². The van der Waals surface area contributed by atoms with Crippen LogP contribution in [0.3, 0.4) is 0 Å². The van der Waals surface area contributed by atoms with Crippen molar-refractivity contribution in [2.45, 2.75) is 24.9 Å². The molecule has 0 aliphatic carbocycles. The van der Waals surface area contributed by atoms with Gasteiger partial charge in [0.1, 0.15) is 0 Å². The number of carbonyl (C=O) groups excluding carboxylic acids is 1. The number of hydrogen-bond acceptors (Lipinski definition) is 3. The normalized spacial score (nSPS) is 12.4. The highest BCUT2D eigenvalue weighted by Gasteiger charge is 2.31. The maximum Gasteiger partial charge on any atom is 0.416 e. The average molecular weight is 497 g/mol. The van der Waals surface area contributed by atoms with E-state index in [-0.39, 0.29) is 12.3 Å². The maximum atomic E-state index is 13.4. The van der Waals surface area contributed by atoms with E-state index in [4.69, 9.17) is 9.47 Å². The van der Waals surface area contributed by atoms with E-state index in [2.05, 4.69) is 10.3 Å². The third kappa shape index (κ3) is 5.64. The number of aromatic amines is 1. The summed E-state index contributed by atoms with van der Waals surface area (Å²) in [7, 11) is 3.12. The van der Waals surface area contributed by atoms with Crippen molar-refractivity contribution in [3.63, 3.8) is 0 Å². The molecule has 4 rings (SSSR count). The molecule has 0 spiro atoms. The molecule has 36 heavy (non-hydrogen) atoms. The third-order valence-electron chi connectivity index (χ3n) is 6.19. The fourth-order valence-corrected chi connectivity index (χ4v) is 4.36. The van der Waals surface area contributed by atoms with Crippen LogP contribution >= 0.6 is 0 Å². The van der Waals surface area contributed by atoms with Crippen LogP contribution in [0.2, 0.25) is 0 Å². The lowest BCUT2D eigenvalue weighted by Gasteiger charge is -2.19. The first-order valence-corrected chi connectivity index (χ1v) is 11.5. The summed E-state index contributed by atoms with van der Waals surface area (Å²) >= 11 is 0. The van der Waals surface area contributed by atoms with E-state index in [1.807, 2.05) is 36.4 Å². The van der Waals surface area contributed by atoms with Gasteiger partial charge in [-0.3, -0.25) is 4.79 Å². The topological polar surface area (TPSA) is 63.3 Å². The molecule has 1 aromatic heterocycles. The molecule has 0 bridgehead atoms. The first kappa shape index (κ1) is 25.2. The van der Waals surface area contributed by atoms with Crippen molar-refractivity contribution < 1.29 is 27.4 Å². The van der Waals surface area contributed by atoms with E-state index in [9.17, 15) is 18.0 Å². The third-order valence-corrected chi connectivity index (χ3v) is 6.19. The van der Waals surface area contributed by atoms with Gasteiger partial charge in [0.15, 0.2) is 11.5 Å². The molecule has 0 saturated heterocycles. The number of ether oxygens (including phenoxy) is 2. The van der Waals surface area contributed by atoms with Crippen LogP contribution in [-0.4, -0.2) is 31.7 Å². The van der Waals surface area contributed by atoms with Gasteiger partial charge in [-0.15, -0.1) is 0 Å². The average Bonchev–Trinajstić information content (AvgIpc) is 3.30. The number of para-hydroxylation sites is 1. The first-order chi connectivity index (χ1) is 17.3. The van der Waals surface area contributed by atoms with Gasteiger partial charge in [0.25, 0.3) is 0 Å². The number of benzene rings is 3. The second-order valence-electron chi connectivity index (χ2n) is 8.46. The Morgan fingerprint density at radius 3 is 2.50 bits per heavy atom. The van der Waals surface area contributed by atoms with Crippen molar-refractivity contribution in [2.75, 3.05) is 20.8 Å². The van der Waals surface area contributed by atoms with Gasteiger partial charge in [-0.05, 0) is 47.4 Å². The summed E-state index contributed by atoms with van der Waals surface area (Å²) in [6.07, 6.45) is -2.13. The Kier molecular flexibility index (Phi) is 7.52. The predicted molar refractivity (Wildman–Crippen MR) is 132 cm³/mol. The van der Waals surface area contributed by atoms with Crippen LogP contribution in [-0.2, 0) is 17.4 Å². The minimum atomic E-state index is -4.47. The van der Waals surface area contributed by atoms with E-state index in [1.54, 1.807) is 32.5 Å². The summed E-state index contributed by atoms with van der Waals surface area (Å²) in [6, 6.07) is 18.3. The van der Waals surface area contributed by atoms with Gasteiger partial charge in [-0.2, -0.15) is 13.2 Å². The minimum Gasteiger partial charge on any atom is -0.493 e. The molecule has 0 aliphatic heterocycles. The van der Waals surface area contributed by atoms with Gasteiger partial charge in [0, 0.05) is 36.0 Å². The van der Waals surface area contributed by atoms with E-state index in [0.29, 0.717) is 30.0 Å². The molecule has 5 nitrogen and oxygen atoms in total. The summed E-state index contributed by atoms with van der Waals surface area (Å²) in [4.78, 5) is 16.1. The molecule has 0 saturated carbocycles. The van der Waals surface area contributed by atoms with Crippen LogP contribution < -0.4 is 14.8 Å². The highest BCUT2D eigenvalue weighted by Crippen LogP contribution is 2.37. The number of alkyl halides is 3. The lowest BCUT2D eigenvalue weighted by atomic mass is 9.87. The Hall–Kier alpha value is -3.94. The van der Waals surface area contributed by atoms with Gasteiger partial charge in [-0.1, -0.05) is 42.5 Å². The van der Waals surface area contributed by atoms with E-state index in [0.717, 1.165) is 34.2 Å². The second kappa shape index (κ2) is 10.8. The summed E-state index contributed by atoms with van der Waals surface area (Å²) in [5.41, 5.74) is 2.29. The molecule has 4 aromatic rings. The highest BCUT2D eigenvalue weighted by molar-refractivity contribution is 5.86. The van der Waals surface area contributed by atoms with Crippen molar-refractivity contribution in [3.05, 3.63) is 95.2 Å². The summed E-state index contributed by atoms with van der Waals surface area (Å²) < 4.78 is 50.8. The van der Waals surface area contributed by atoms with E-state index >= 15 is 0 Å². The summed E-state index contributed by atoms with van der Waals surface area (Å²) in [5.74, 6) is 0.422. The number of fused-ring (bicyclic) bond motifs is 1. The molecule has 0 fully saturated rings. The quantitative estimate of drug-likeness (QED) is 0.295. The smallest absolute Gasteiger partial charge is 0.416 e. The number of aromatic nitrogens is 1. The minimum absolute atomic E-state index is 0.00902. The zero-order valence-corrected chi connectivity index (χ0v) is 20.0. The predicted octanol–water partition coefficient (Wildman–Crippen LogP) is 6.08. The van der Waals surface area contributed by atoms with Gasteiger partial charge in [0.05, 0.1) is 19.8 Å². The molecule has 1 heterocycles. The standard InChI is InChI=1S/C28H27F3N2O3/c1-35-25-11-10-18(14-26(25)36-2)12-13-32-27(34)16-22(19-6-5-7-20(15-19)28(29,30)31)23-17-33-24-9-4-3-8-21(23)24/h3-11,14-15,17,22,33H,12-13,16H2,1-2H3,(H,32,34)/t22-/m1/s1. The number of halogens is 3. The Labute approximate surface area is 207 Å². The van der Waals surface area contributed by atoms with Crippen LogP contribution in [0.1, 0.15) is 34.6 Å². The molecule has 1 amide bonds. The molecule has 0 unspecified atom stereocenters. The van der Waals surface area contributed by atoms with Crippen molar-refractivity contribution in [1.82, 2.24) is 10.3 Å². The fourth-order valence-electron chi connectivity index (χ4n) is 4.36. The molecule has 1 atom stereocenters. The van der Waals surface area contributed by atoms with Crippen molar-refractivity contribution in [3.8, 4) is 11.5 Å². The highest BCUT2D eigenvalue weighted by atomic mass is 19.4. The lowest BCUT2D eigenvalue weighted by Crippen LogP contribution is -2.27. The number of hydrogen-bond donors (Lipinski definition) is 2. The number of nitrogens with one attached hydrogen (secondary N) is 2. The van der Waals surface area contributed by atoms with Gasteiger partial charge < -0.3 is 19.8 Å². The molecule has 0 aliphatic rings. The Morgan fingerprint density at radius 1 is 0.972 bits per heavy atom. The molecule has 3 aromatic carbocycles. The number of amides is 1. The Morgan fingerprint density at radius 2 is 1.75 bits per heavy atom. The van der Waals surface area contributed by atoms with Crippen LogP contribution in [0, 0.1) is 0 Å². The molecular formula is C28H27F3N2O3. The molecular weight excluding hydrogens is 469 g/mol. The largest absolute Gasteiger partial charge is 0.493 e. The maximum absolute atomic E-state index is 13.4. The number of rotatable bonds is 9. The van der Waals surface area contributed by atoms with Crippen LogP contribution in [0.25, 0.3) is 10.9 Å². The molecule has 2 N–H and O–H groups in total. The SMILES string of the molecule is COc1ccc(CCNC(=O)C[C@H](c2cccc(C(F)(F)F)c2)c2c[nH]c3ccccc23)cc1OC.